The topological polar surface area (TPSA) is 84.2 Å². The van der Waals surface area contributed by atoms with Crippen molar-refractivity contribution < 1.29 is 9.59 Å². The van der Waals surface area contributed by atoms with E-state index in [2.05, 4.69) is 15.2 Å². The van der Waals surface area contributed by atoms with Crippen LogP contribution in [0.25, 0.3) is 5.69 Å². The Morgan fingerprint density at radius 1 is 0.962 bits per heavy atom. The van der Waals surface area contributed by atoms with Crippen molar-refractivity contribution in [2.24, 2.45) is 0 Å². The zero-order chi connectivity index (χ0) is 17.9. The van der Waals surface area contributed by atoms with Crippen molar-refractivity contribution in [1.82, 2.24) is 24.9 Å². The normalized spacial score (nSPS) is 14.5. The summed E-state index contributed by atoms with van der Waals surface area (Å²) in [5.74, 6) is -0.445. The molecule has 3 aromatic rings. The number of rotatable bonds is 3. The summed E-state index contributed by atoms with van der Waals surface area (Å²) in [6.45, 7) is 0.854. The number of pyridine rings is 1. The van der Waals surface area contributed by atoms with Crippen LogP contribution in [0.2, 0.25) is 0 Å². The van der Waals surface area contributed by atoms with Crippen LogP contribution in [0.3, 0.4) is 0 Å². The van der Waals surface area contributed by atoms with E-state index in [0.29, 0.717) is 13.1 Å². The van der Waals surface area contributed by atoms with Gasteiger partial charge >= 0.3 is 0 Å². The average molecular weight is 348 g/mol. The van der Waals surface area contributed by atoms with E-state index in [1.165, 1.54) is 15.9 Å². The van der Waals surface area contributed by atoms with Crippen molar-refractivity contribution >= 4 is 17.5 Å². The van der Waals surface area contributed by atoms with Crippen LogP contribution in [0.15, 0.2) is 61.1 Å². The smallest absolute Gasteiger partial charge is 0.276 e. The Labute approximate surface area is 149 Å². The molecule has 130 valence electrons. The average Bonchev–Trinajstić information content (AvgIpc) is 3.19. The Kier molecular flexibility index (Phi) is 4.14. The lowest BCUT2D eigenvalue weighted by Crippen LogP contribution is -2.52. The molecule has 0 radical (unpaired) electrons. The van der Waals surface area contributed by atoms with Crippen LogP contribution in [0.1, 0.15) is 10.5 Å². The molecule has 1 aliphatic rings. The lowest BCUT2D eigenvalue weighted by Gasteiger charge is -2.33. The molecule has 0 aliphatic carbocycles. The SMILES string of the molecule is O=C(c1cnn(-c2ccccc2)n1)N1CCN(c2cccnc2)C(=O)C1. The molecule has 2 amide bonds. The maximum atomic E-state index is 12.7. The summed E-state index contributed by atoms with van der Waals surface area (Å²) in [6.07, 6.45) is 4.72. The summed E-state index contributed by atoms with van der Waals surface area (Å²) in [5, 5.41) is 8.38. The number of aromatic nitrogens is 4. The molecule has 8 nitrogen and oxygen atoms in total. The number of carbonyl (C=O) groups is 2. The highest BCUT2D eigenvalue weighted by Gasteiger charge is 2.29. The first-order valence-electron chi connectivity index (χ1n) is 8.20. The van der Waals surface area contributed by atoms with Gasteiger partial charge in [0, 0.05) is 19.3 Å². The minimum Gasteiger partial charge on any atom is -0.326 e. The number of hydrogen-bond acceptors (Lipinski definition) is 5. The monoisotopic (exact) mass is 348 g/mol. The largest absolute Gasteiger partial charge is 0.326 e. The Morgan fingerprint density at radius 3 is 2.50 bits per heavy atom. The molecule has 0 atom stereocenters. The van der Waals surface area contributed by atoms with Gasteiger partial charge in [-0.3, -0.25) is 14.6 Å². The number of piperazine rings is 1. The summed E-state index contributed by atoms with van der Waals surface area (Å²) >= 11 is 0. The van der Waals surface area contributed by atoms with Gasteiger partial charge in [0.05, 0.1) is 23.8 Å². The van der Waals surface area contributed by atoms with E-state index in [1.54, 1.807) is 23.4 Å². The molecular formula is C18H16N6O2. The van der Waals surface area contributed by atoms with Crippen LogP contribution < -0.4 is 4.90 Å². The van der Waals surface area contributed by atoms with Gasteiger partial charge in [-0.2, -0.15) is 9.90 Å². The summed E-state index contributed by atoms with van der Waals surface area (Å²) < 4.78 is 0. The molecule has 0 spiro atoms. The molecule has 1 aliphatic heterocycles. The fraction of sp³-hybridized carbons (Fsp3) is 0.167. The van der Waals surface area contributed by atoms with E-state index < -0.39 is 0 Å². The number of anilines is 1. The van der Waals surface area contributed by atoms with Gasteiger partial charge in [0.2, 0.25) is 5.91 Å². The Hall–Kier alpha value is -3.55. The second-order valence-electron chi connectivity index (χ2n) is 5.84. The highest BCUT2D eigenvalue weighted by Crippen LogP contribution is 2.16. The quantitative estimate of drug-likeness (QED) is 0.709. The fourth-order valence-electron chi connectivity index (χ4n) is 2.84. The fourth-order valence-corrected chi connectivity index (χ4v) is 2.84. The first kappa shape index (κ1) is 15.9. The van der Waals surface area contributed by atoms with Crippen molar-refractivity contribution in [3.8, 4) is 5.69 Å². The van der Waals surface area contributed by atoms with Crippen molar-refractivity contribution in [2.45, 2.75) is 0 Å². The van der Waals surface area contributed by atoms with Gasteiger partial charge in [-0.05, 0) is 24.3 Å². The molecule has 8 heteroatoms. The number of benzene rings is 1. The predicted molar refractivity (Wildman–Crippen MR) is 93.9 cm³/mol. The first-order valence-corrected chi connectivity index (χ1v) is 8.20. The molecule has 0 unspecified atom stereocenters. The number of para-hydroxylation sites is 1. The van der Waals surface area contributed by atoms with Crippen molar-refractivity contribution in [2.75, 3.05) is 24.5 Å². The predicted octanol–water partition coefficient (Wildman–Crippen LogP) is 1.15. The van der Waals surface area contributed by atoms with Crippen LogP contribution in [-0.4, -0.2) is 56.3 Å². The van der Waals surface area contributed by atoms with Crippen LogP contribution >= 0.6 is 0 Å². The van der Waals surface area contributed by atoms with E-state index in [4.69, 9.17) is 0 Å². The summed E-state index contributed by atoms with van der Waals surface area (Å²) in [4.78, 5) is 33.7. The minimum atomic E-state index is -0.300. The highest BCUT2D eigenvalue weighted by atomic mass is 16.2. The summed E-state index contributed by atoms with van der Waals surface area (Å²) in [6, 6.07) is 12.9. The second kappa shape index (κ2) is 6.75. The molecular weight excluding hydrogens is 332 g/mol. The molecule has 26 heavy (non-hydrogen) atoms. The highest BCUT2D eigenvalue weighted by molar-refractivity contribution is 6.00. The number of amides is 2. The van der Waals surface area contributed by atoms with Gasteiger partial charge in [-0.1, -0.05) is 18.2 Å². The van der Waals surface area contributed by atoms with Crippen molar-refractivity contribution in [1.29, 1.82) is 0 Å². The van der Waals surface area contributed by atoms with Gasteiger partial charge in [-0.15, -0.1) is 5.10 Å². The summed E-state index contributed by atoms with van der Waals surface area (Å²) in [7, 11) is 0. The molecule has 1 fully saturated rings. The zero-order valence-corrected chi connectivity index (χ0v) is 13.9. The third kappa shape index (κ3) is 3.04. The van der Waals surface area contributed by atoms with Crippen LogP contribution in [0, 0.1) is 0 Å². The van der Waals surface area contributed by atoms with E-state index in [-0.39, 0.29) is 24.1 Å². The van der Waals surface area contributed by atoms with Gasteiger partial charge in [0.25, 0.3) is 5.91 Å². The Bertz CT molecular complexity index is 925. The summed E-state index contributed by atoms with van der Waals surface area (Å²) in [5.41, 5.74) is 1.72. The zero-order valence-electron chi connectivity index (χ0n) is 13.9. The number of hydrogen-bond donors (Lipinski definition) is 0. The van der Waals surface area contributed by atoms with Gasteiger partial charge in [0.1, 0.15) is 6.54 Å². The van der Waals surface area contributed by atoms with E-state index in [1.807, 2.05) is 36.4 Å². The van der Waals surface area contributed by atoms with Crippen LogP contribution in [0.5, 0.6) is 0 Å². The van der Waals surface area contributed by atoms with Gasteiger partial charge in [-0.25, -0.2) is 0 Å². The van der Waals surface area contributed by atoms with E-state index >= 15 is 0 Å². The van der Waals surface area contributed by atoms with Gasteiger partial charge < -0.3 is 9.80 Å². The van der Waals surface area contributed by atoms with Crippen molar-refractivity contribution in [3.63, 3.8) is 0 Å². The van der Waals surface area contributed by atoms with Crippen LogP contribution in [0.4, 0.5) is 5.69 Å². The molecule has 4 rings (SSSR count). The van der Waals surface area contributed by atoms with Gasteiger partial charge in [0.15, 0.2) is 5.69 Å². The number of carbonyl (C=O) groups excluding carboxylic acids is 2. The molecule has 1 aromatic carbocycles. The maximum Gasteiger partial charge on any atom is 0.276 e. The molecule has 3 heterocycles. The number of nitrogens with zero attached hydrogens (tertiary/aromatic N) is 6. The first-order chi connectivity index (χ1) is 12.7. The maximum absolute atomic E-state index is 12.7. The minimum absolute atomic E-state index is 0.00588. The Balaban J connectivity index is 1.47. The third-order valence-electron chi connectivity index (χ3n) is 4.16. The second-order valence-corrected chi connectivity index (χ2v) is 5.84. The standard InChI is InChI=1S/C18H16N6O2/c25-17-13-22(9-10-23(17)15-7-4-8-19-11-15)18(26)16-12-20-24(21-16)14-5-2-1-3-6-14/h1-8,11-12H,9-10,13H2. The molecule has 0 saturated carbocycles. The molecule has 1 saturated heterocycles. The van der Waals surface area contributed by atoms with E-state index in [9.17, 15) is 9.59 Å². The molecule has 2 aromatic heterocycles. The van der Waals surface area contributed by atoms with Crippen LogP contribution in [-0.2, 0) is 4.79 Å². The lowest BCUT2D eigenvalue weighted by atomic mass is 10.2. The van der Waals surface area contributed by atoms with Crippen molar-refractivity contribution in [3.05, 3.63) is 66.7 Å². The Morgan fingerprint density at radius 2 is 1.77 bits per heavy atom. The molecule has 0 N–H and O–H groups in total. The molecule has 0 bridgehead atoms. The lowest BCUT2D eigenvalue weighted by molar-refractivity contribution is -0.120. The van der Waals surface area contributed by atoms with E-state index in [0.717, 1.165) is 11.4 Å². The third-order valence-corrected chi connectivity index (χ3v) is 4.16.